The minimum absolute atomic E-state index is 0.203. The van der Waals surface area contributed by atoms with Crippen molar-refractivity contribution in [3.8, 4) is 0 Å². The molecule has 0 bridgehead atoms. The molecule has 4 rings (SSSR count). The van der Waals surface area contributed by atoms with Crippen molar-refractivity contribution in [3.05, 3.63) is 12.3 Å². The van der Waals surface area contributed by atoms with E-state index in [0.29, 0.717) is 18.1 Å². The predicted octanol–water partition coefficient (Wildman–Crippen LogP) is 1.68. The second-order valence-corrected chi connectivity index (χ2v) is 7.52. The maximum absolute atomic E-state index is 12.3. The van der Waals surface area contributed by atoms with Crippen molar-refractivity contribution in [1.82, 2.24) is 14.9 Å². The highest BCUT2D eigenvalue weighted by molar-refractivity contribution is 5.77. The standard InChI is InChI=1S/C17H25N5O/c18-14-5-8-19-16(20-14)21-9-1-6-17(11-21)7-4-15(23)22(12-17)10-13-2-3-13/h5,8,13H,1-4,6-7,9-12H2,(H2,18,19,20). The molecule has 1 aromatic heterocycles. The van der Waals surface area contributed by atoms with Crippen LogP contribution in [0.25, 0.3) is 0 Å². The molecular weight excluding hydrogens is 290 g/mol. The molecule has 23 heavy (non-hydrogen) atoms. The predicted molar refractivity (Wildman–Crippen MR) is 88.9 cm³/mol. The van der Waals surface area contributed by atoms with Gasteiger partial charge in [0.1, 0.15) is 5.82 Å². The van der Waals surface area contributed by atoms with E-state index in [1.165, 1.54) is 19.3 Å². The van der Waals surface area contributed by atoms with E-state index in [0.717, 1.165) is 50.9 Å². The summed E-state index contributed by atoms with van der Waals surface area (Å²) in [6, 6.07) is 1.72. The summed E-state index contributed by atoms with van der Waals surface area (Å²) >= 11 is 0. The Hall–Kier alpha value is -1.85. The Morgan fingerprint density at radius 2 is 2.17 bits per heavy atom. The molecule has 1 aromatic rings. The fourth-order valence-electron chi connectivity index (χ4n) is 4.11. The summed E-state index contributed by atoms with van der Waals surface area (Å²) in [5.74, 6) is 2.35. The van der Waals surface area contributed by atoms with Gasteiger partial charge in [-0.05, 0) is 44.1 Å². The number of carbonyl (C=O) groups excluding carboxylic acids is 1. The summed E-state index contributed by atoms with van der Waals surface area (Å²) in [6.45, 7) is 3.78. The summed E-state index contributed by atoms with van der Waals surface area (Å²) in [6.07, 6.45) is 8.32. The van der Waals surface area contributed by atoms with Crippen molar-refractivity contribution in [2.24, 2.45) is 11.3 Å². The Morgan fingerprint density at radius 3 is 2.96 bits per heavy atom. The third-order valence-corrected chi connectivity index (χ3v) is 5.53. The number of nitrogens with zero attached hydrogens (tertiary/aromatic N) is 4. The number of piperidine rings is 2. The molecule has 2 saturated heterocycles. The molecule has 1 saturated carbocycles. The molecule has 6 nitrogen and oxygen atoms in total. The van der Waals surface area contributed by atoms with E-state index in [1.807, 2.05) is 0 Å². The van der Waals surface area contributed by atoms with Crippen LogP contribution in [0, 0.1) is 11.3 Å². The normalized spacial score (nSPS) is 28.4. The van der Waals surface area contributed by atoms with Crippen LogP contribution in [0.2, 0.25) is 0 Å². The minimum atomic E-state index is 0.203. The zero-order valence-electron chi connectivity index (χ0n) is 13.6. The topological polar surface area (TPSA) is 75.3 Å². The third kappa shape index (κ3) is 3.12. The molecule has 1 atom stereocenters. The lowest BCUT2D eigenvalue weighted by Gasteiger charge is -2.48. The van der Waals surface area contributed by atoms with Crippen LogP contribution in [0.4, 0.5) is 11.8 Å². The lowest BCUT2D eigenvalue weighted by Crippen LogP contribution is -2.54. The van der Waals surface area contributed by atoms with Crippen molar-refractivity contribution in [3.63, 3.8) is 0 Å². The van der Waals surface area contributed by atoms with E-state index >= 15 is 0 Å². The number of likely N-dealkylation sites (tertiary alicyclic amines) is 1. The van der Waals surface area contributed by atoms with E-state index in [1.54, 1.807) is 12.3 Å². The number of hydrogen-bond acceptors (Lipinski definition) is 5. The highest BCUT2D eigenvalue weighted by Gasteiger charge is 2.43. The third-order valence-electron chi connectivity index (χ3n) is 5.53. The number of carbonyl (C=O) groups is 1. The Bertz CT molecular complexity index is 602. The van der Waals surface area contributed by atoms with Gasteiger partial charge < -0.3 is 15.5 Å². The van der Waals surface area contributed by atoms with Crippen LogP contribution in [0.3, 0.4) is 0 Å². The highest BCUT2D eigenvalue weighted by Crippen LogP contribution is 2.41. The Kier molecular flexibility index (Phi) is 3.62. The molecule has 2 N–H and O–H groups in total. The lowest BCUT2D eigenvalue weighted by atomic mass is 9.73. The second-order valence-electron chi connectivity index (χ2n) is 7.52. The number of nitrogen functional groups attached to an aromatic ring is 1. The first kappa shape index (κ1) is 14.7. The van der Waals surface area contributed by atoms with Crippen LogP contribution in [0.1, 0.15) is 38.5 Å². The number of nitrogens with two attached hydrogens (primary N) is 1. The molecule has 124 valence electrons. The van der Waals surface area contributed by atoms with Gasteiger partial charge in [-0.2, -0.15) is 4.98 Å². The minimum Gasteiger partial charge on any atom is -0.384 e. The summed E-state index contributed by atoms with van der Waals surface area (Å²) in [5, 5.41) is 0. The summed E-state index contributed by atoms with van der Waals surface area (Å²) in [4.78, 5) is 25.4. The van der Waals surface area contributed by atoms with Crippen LogP contribution >= 0.6 is 0 Å². The SMILES string of the molecule is Nc1ccnc(N2CCCC3(CCC(=O)N(CC4CC4)C3)C2)n1. The van der Waals surface area contributed by atoms with Crippen LogP contribution in [0.15, 0.2) is 12.3 Å². The van der Waals surface area contributed by atoms with Gasteiger partial charge >= 0.3 is 0 Å². The van der Waals surface area contributed by atoms with Crippen molar-refractivity contribution in [2.45, 2.75) is 38.5 Å². The Labute approximate surface area is 137 Å². The van der Waals surface area contributed by atoms with E-state index < -0.39 is 0 Å². The molecule has 1 aliphatic carbocycles. The molecule has 1 spiro atoms. The van der Waals surface area contributed by atoms with Gasteiger partial charge in [0.05, 0.1) is 0 Å². The fourth-order valence-corrected chi connectivity index (χ4v) is 4.11. The summed E-state index contributed by atoms with van der Waals surface area (Å²) in [7, 11) is 0. The average molecular weight is 315 g/mol. The Morgan fingerprint density at radius 1 is 1.30 bits per heavy atom. The van der Waals surface area contributed by atoms with Crippen molar-refractivity contribution in [1.29, 1.82) is 0 Å². The van der Waals surface area contributed by atoms with Gasteiger partial charge in [0.25, 0.3) is 0 Å². The maximum Gasteiger partial charge on any atom is 0.227 e. The number of rotatable bonds is 3. The number of aromatic nitrogens is 2. The molecule has 1 unspecified atom stereocenters. The van der Waals surface area contributed by atoms with Gasteiger partial charge in [-0.25, -0.2) is 4.98 Å². The van der Waals surface area contributed by atoms with Gasteiger partial charge in [0, 0.05) is 44.2 Å². The zero-order valence-corrected chi connectivity index (χ0v) is 13.6. The van der Waals surface area contributed by atoms with Crippen LogP contribution in [0.5, 0.6) is 0 Å². The quantitative estimate of drug-likeness (QED) is 0.918. The molecule has 0 aromatic carbocycles. The monoisotopic (exact) mass is 315 g/mol. The van der Waals surface area contributed by atoms with Crippen LogP contribution in [-0.2, 0) is 4.79 Å². The maximum atomic E-state index is 12.3. The summed E-state index contributed by atoms with van der Waals surface area (Å²) < 4.78 is 0. The fraction of sp³-hybridized carbons (Fsp3) is 0.706. The molecule has 3 heterocycles. The van der Waals surface area contributed by atoms with E-state index in [-0.39, 0.29) is 5.41 Å². The van der Waals surface area contributed by atoms with E-state index in [9.17, 15) is 4.79 Å². The highest BCUT2D eigenvalue weighted by atomic mass is 16.2. The average Bonchev–Trinajstić information content (AvgIpc) is 3.36. The first-order valence-electron chi connectivity index (χ1n) is 8.75. The molecule has 3 fully saturated rings. The number of anilines is 2. The van der Waals surface area contributed by atoms with Crippen molar-refractivity contribution >= 4 is 17.7 Å². The van der Waals surface area contributed by atoms with E-state index in [2.05, 4.69) is 19.8 Å². The van der Waals surface area contributed by atoms with Crippen molar-refractivity contribution < 1.29 is 4.79 Å². The zero-order chi connectivity index (χ0) is 15.9. The second kappa shape index (κ2) is 5.65. The smallest absolute Gasteiger partial charge is 0.227 e. The molecule has 2 aliphatic heterocycles. The van der Waals surface area contributed by atoms with Gasteiger partial charge in [-0.1, -0.05) is 0 Å². The first-order chi connectivity index (χ1) is 11.1. The number of hydrogen-bond donors (Lipinski definition) is 1. The van der Waals surface area contributed by atoms with Gasteiger partial charge in [0.2, 0.25) is 11.9 Å². The molecule has 3 aliphatic rings. The lowest BCUT2D eigenvalue weighted by molar-refractivity contribution is -0.138. The van der Waals surface area contributed by atoms with Crippen LogP contribution < -0.4 is 10.6 Å². The van der Waals surface area contributed by atoms with Gasteiger partial charge in [0.15, 0.2) is 0 Å². The molecule has 1 amide bonds. The molecule has 6 heteroatoms. The van der Waals surface area contributed by atoms with Crippen molar-refractivity contribution in [2.75, 3.05) is 36.8 Å². The Balaban J connectivity index is 1.49. The van der Waals surface area contributed by atoms with E-state index in [4.69, 9.17) is 5.73 Å². The van der Waals surface area contributed by atoms with Gasteiger partial charge in [-0.15, -0.1) is 0 Å². The summed E-state index contributed by atoms with van der Waals surface area (Å²) in [5.41, 5.74) is 6.01. The largest absolute Gasteiger partial charge is 0.384 e. The number of amides is 1. The van der Waals surface area contributed by atoms with Crippen LogP contribution in [-0.4, -0.2) is 47.0 Å². The van der Waals surface area contributed by atoms with Gasteiger partial charge in [-0.3, -0.25) is 4.79 Å². The molecule has 0 radical (unpaired) electrons. The molecular formula is C17H25N5O. The first-order valence-corrected chi connectivity index (χ1v) is 8.75.